The van der Waals surface area contributed by atoms with Gasteiger partial charge in [0.15, 0.2) is 5.11 Å². The van der Waals surface area contributed by atoms with Crippen LogP contribution in [0.25, 0.3) is 17.0 Å². The highest BCUT2D eigenvalue weighted by molar-refractivity contribution is 7.80. The minimum atomic E-state index is -0.500. The van der Waals surface area contributed by atoms with Crippen molar-refractivity contribution in [3.8, 4) is 11.5 Å². The molecule has 1 aliphatic rings. The van der Waals surface area contributed by atoms with Crippen LogP contribution in [0.3, 0.4) is 0 Å². The summed E-state index contributed by atoms with van der Waals surface area (Å²) >= 11 is 5.71. The number of para-hydroxylation sites is 2. The quantitative estimate of drug-likeness (QED) is 0.0999. The molecule has 1 aliphatic heterocycles. The van der Waals surface area contributed by atoms with E-state index in [2.05, 4.69) is 10.6 Å². The van der Waals surface area contributed by atoms with Crippen molar-refractivity contribution in [2.45, 2.75) is 19.9 Å². The molecule has 210 valence electrons. The van der Waals surface area contributed by atoms with Crippen molar-refractivity contribution >= 4 is 51.9 Å². The van der Waals surface area contributed by atoms with Crippen LogP contribution in [-0.4, -0.2) is 53.3 Å². The molecule has 4 aromatic rings. The summed E-state index contributed by atoms with van der Waals surface area (Å²) in [5, 5.41) is 1.19. The van der Waals surface area contributed by atoms with Gasteiger partial charge in [-0.25, -0.2) is 0 Å². The summed E-state index contributed by atoms with van der Waals surface area (Å²) in [5.41, 5.74) is 2.77. The molecule has 41 heavy (non-hydrogen) atoms. The third-order valence-corrected chi connectivity index (χ3v) is 7.13. The van der Waals surface area contributed by atoms with E-state index in [0.29, 0.717) is 30.3 Å². The third-order valence-electron chi connectivity index (χ3n) is 6.72. The summed E-state index contributed by atoms with van der Waals surface area (Å²) < 4.78 is 18.5. The molecule has 0 radical (unpaired) electrons. The Morgan fingerprint density at radius 3 is 2.37 bits per heavy atom. The fourth-order valence-electron chi connectivity index (χ4n) is 4.78. The number of benzene rings is 3. The highest BCUT2D eigenvalue weighted by Crippen LogP contribution is 2.32. The molecule has 1 fully saturated rings. The van der Waals surface area contributed by atoms with E-state index in [4.69, 9.17) is 26.4 Å². The first-order chi connectivity index (χ1) is 20.0. The second kappa shape index (κ2) is 12.7. The van der Waals surface area contributed by atoms with Crippen molar-refractivity contribution in [2.24, 2.45) is 0 Å². The number of rotatable bonds is 11. The molecule has 1 amide bonds. The summed E-state index contributed by atoms with van der Waals surface area (Å²) in [5.74, 6) is 0.711. The lowest BCUT2D eigenvalue weighted by Crippen LogP contribution is -2.35. The summed E-state index contributed by atoms with van der Waals surface area (Å²) in [4.78, 5) is 29.1. The maximum Gasteiger partial charge on any atom is 0.325 e. The number of aromatic nitrogens is 1. The fraction of sp³-hybridized carbons (Fsp3) is 0.219. The number of amides is 1. The van der Waals surface area contributed by atoms with Crippen molar-refractivity contribution in [1.82, 2.24) is 9.47 Å². The molecule has 2 heterocycles. The number of hydrogen-bond acceptors (Lipinski definition) is 6. The second-order valence-electron chi connectivity index (χ2n) is 9.35. The minimum Gasteiger partial charge on any atom is -0.494 e. The average molecular weight is 570 g/mol. The normalized spacial score (nSPS) is 14.2. The van der Waals surface area contributed by atoms with Crippen LogP contribution in [0.2, 0.25) is 0 Å². The molecule has 0 bridgehead atoms. The standard InChI is InChI=1S/C32H31N3O5S/c1-3-39-26-16-14-24(15-17-26)35-31(37)29(34(32(35)41)22-30(36)38-2)20-23-21-33(28-13-8-7-12-27(23)28)18-9-19-40-25-10-5-4-6-11-25/h4-8,10-17,20-21H,3,9,18-19,22H2,1-2H3/b29-20-. The predicted octanol–water partition coefficient (Wildman–Crippen LogP) is 5.66. The Kier molecular flexibility index (Phi) is 8.64. The molecule has 9 heteroatoms. The number of methoxy groups -OCH3 is 1. The van der Waals surface area contributed by atoms with E-state index >= 15 is 0 Å². The van der Waals surface area contributed by atoms with Crippen LogP contribution in [0.5, 0.6) is 11.5 Å². The van der Waals surface area contributed by atoms with Crippen LogP contribution >= 0.6 is 12.2 Å². The van der Waals surface area contributed by atoms with Gasteiger partial charge in [-0.05, 0) is 74.1 Å². The Labute approximate surface area is 244 Å². The van der Waals surface area contributed by atoms with E-state index in [-0.39, 0.29) is 17.6 Å². The monoisotopic (exact) mass is 569 g/mol. The van der Waals surface area contributed by atoms with Crippen molar-refractivity contribution in [3.05, 3.63) is 96.3 Å². The van der Waals surface area contributed by atoms with Crippen LogP contribution in [0.1, 0.15) is 18.9 Å². The largest absolute Gasteiger partial charge is 0.494 e. The summed E-state index contributed by atoms with van der Waals surface area (Å²) in [6.45, 7) is 3.56. The van der Waals surface area contributed by atoms with Crippen LogP contribution in [0.4, 0.5) is 5.69 Å². The molecule has 0 spiro atoms. The van der Waals surface area contributed by atoms with E-state index in [1.54, 1.807) is 30.3 Å². The molecule has 0 atom stereocenters. The highest BCUT2D eigenvalue weighted by Gasteiger charge is 2.40. The predicted molar refractivity (Wildman–Crippen MR) is 163 cm³/mol. The van der Waals surface area contributed by atoms with Crippen molar-refractivity contribution in [3.63, 3.8) is 0 Å². The zero-order chi connectivity index (χ0) is 28.8. The van der Waals surface area contributed by atoms with Gasteiger partial charge in [-0.15, -0.1) is 0 Å². The number of esters is 1. The number of anilines is 1. The highest BCUT2D eigenvalue weighted by atomic mass is 32.1. The van der Waals surface area contributed by atoms with Gasteiger partial charge in [0.05, 0.1) is 26.0 Å². The number of thiocarbonyl (C=S) groups is 1. The van der Waals surface area contributed by atoms with E-state index in [0.717, 1.165) is 35.2 Å². The minimum absolute atomic E-state index is 0.185. The van der Waals surface area contributed by atoms with Crippen molar-refractivity contribution in [1.29, 1.82) is 0 Å². The maximum absolute atomic E-state index is 13.8. The SMILES string of the molecule is CCOc1ccc(N2C(=O)/C(=C/c3cn(CCCOc4ccccc4)c4ccccc34)N(CC(=O)OC)C2=S)cc1. The van der Waals surface area contributed by atoms with Crippen molar-refractivity contribution in [2.75, 3.05) is 31.8 Å². The second-order valence-corrected chi connectivity index (χ2v) is 9.72. The Balaban J connectivity index is 1.44. The Hall–Kier alpha value is -4.63. The summed E-state index contributed by atoms with van der Waals surface area (Å²) in [6.07, 6.45) is 4.62. The van der Waals surface area contributed by atoms with E-state index in [9.17, 15) is 9.59 Å². The molecular weight excluding hydrogens is 538 g/mol. The molecule has 0 saturated carbocycles. The number of fused-ring (bicyclic) bond motifs is 1. The van der Waals surface area contributed by atoms with E-state index < -0.39 is 5.97 Å². The zero-order valence-corrected chi connectivity index (χ0v) is 23.8. The third kappa shape index (κ3) is 6.10. The number of carbonyl (C=O) groups is 2. The number of nitrogens with zero attached hydrogens (tertiary/aromatic N) is 3. The first kappa shape index (κ1) is 27.9. The van der Waals surface area contributed by atoms with Gasteiger partial charge in [-0.3, -0.25) is 14.5 Å². The Morgan fingerprint density at radius 1 is 0.927 bits per heavy atom. The van der Waals surface area contributed by atoms with Gasteiger partial charge >= 0.3 is 5.97 Å². The molecule has 0 N–H and O–H groups in total. The molecule has 1 aromatic heterocycles. The van der Waals surface area contributed by atoms with Crippen LogP contribution < -0.4 is 14.4 Å². The lowest BCUT2D eigenvalue weighted by Gasteiger charge is -2.19. The van der Waals surface area contributed by atoms with Gasteiger partial charge in [-0.1, -0.05) is 36.4 Å². The lowest BCUT2D eigenvalue weighted by molar-refractivity contribution is -0.140. The van der Waals surface area contributed by atoms with Crippen molar-refractivity contribution < 1.29 is 23.8 Å². The van der Waals surface area contributed by atoms with Gasteiger partial charge in [0.1, 0.15) is 23.7 Å². The van der Waals surface area contributed by atoms with Crippen LogP contribution in [0, 0.1) is 0 Å². The van der Waals surface area contributed by atoms with Gasteiger partial charge in [0.25, 0.3) is 5.91 Å². The lowest BCUT2D eigenvalue weighted by atomic mass is 10.1. The summed E-state index contributed by atoms with van der Waals surface area (Å²) in [6, 6.07) is 24.9. The first-order valence-corrected chi connectivity index (χ1v) is 13.8. The molecule has 3 aromatic carbocycles. The van der Waals surface area contributed by atoms with E-state index in [1.807, 2.05) is 61.7 Å². The molecule has 0 aliphatic carbocycles. The number of hydrogen-bond donors (Lipinski definition) is 0. The number of aryl methyl sites for hydroxylation is 1. The van der Waals surface area contributed by atoms with Gasteiger partial charge < -0.3 is 23.7 Å². The van der Waals surface area contributed by atoms with Crippen LogP contribution in [0.15, 0.2) is 90.8 Å². The van der Waals surface area contributed by atoms with Gasteiger partial charge in [0.2, 0.25) is 0 Å². The molecular formula is C32H31N3O5S. The van der Waals surface area contributed by atoms with E-state index in [1.165, 1.54) is 16.9 Å². The molecule has 0 unspecified atom stereocenters. The summed E-state index contributed by atoms with van der Waals surface area (Å²) in [7, 11) is 1.31. The molecule has 1 saturated heterocycles. The zero-order valence-electron chi connectivity index (χ0n) is 23.0. The number of ether oxygens (including phenoxy) is 3. The average Bonchev–Trinajstić information content (AvgIpc) is 3.46. The molecule has 5 rings (SSSR count). The van der Waals surface area contributed by atoms with Gasteiger partial charge in [0, 0.05) is 29.2 Å². The fourth-order valence-corrected chi connectivity index (χ4v) is 5.13. The molecule has 8 nitrogen and oxygen atoms in total. The van der Waals surface area contributed by atoms with Gasteiger partial charge in [-0.2, -0.15) is 0 Å². The number of carbonyl (C=O) groups excluding carboxylic acids is 2. The first-order valence-electron chi connectivity index (χ1n) is 13.4. The topological polar surface area (TPSA) is 73.2 Å². The maximum atomic E-state index is 13.8. The van der Waals surface area contributed by atoms with Crippen LogP contribution in [-0.2, 0) is 20.9 Å². The smallest absolute Gasteiger partial charge is 0.325 e. The Morgan fingerprint density at radius 2 is 1.63 bits per heavy atom. The Bertz CT molecular complexity index is 1580.